The van der Waals surface area contributed by atoms with Crippen molar-refractivity contribution in [1.82, 2.24) is 4.98 Å². The smallest absolute Gasteiger partial charge is 0.355 e. The Kier molecular flexibility index (Phi) is 7.31. The molecule has 23 heavy (non-hydrogen) atoms. The number of nitrogens with one attached hydrogen (secondary N) is 1. The Morgan fingerprint density at radius 2 is 1.65 bits per heavy atom. The van der Waals surface area contributed by atoms with E-state index in [4.69, 9.17) is 9.47 Å². The van der Waals surface area contributed by atoms with Crippen molar-refractivity contribution in [1.29, 1.82) is 0 Å². The summed E-state index contributed by atoms with van der Waals surface area (Å²) in [7, 11) is 1.30. The molecule has 1 aromatic heterocycles. The first-order chi connectivity index (χ1) is 10.9. The lowest BCUT2D eigenvalue weighted by Crippen LogP contribution is -2.12. The van der Waals surface area contributed by atoms with Crippen LogP contribution in [0.15, 0.2) is 0 Å². The van der Waals surface area contributed by atoms with Crippen LogP contribution in [0.4, 0.5) is 0 Å². The molecule has 0 spiro atoms. The Hall–Kier alpha value is -2.31. The molecule has 1 rings (SSSR count). The normalized spacial score (nSPS) is 10.3. The maximum atomic E-state index is 12.1. The molecule has 0 aliphatic carbocycles. The van der Waals surface area contributed by atoms with E-state index in [1.54, 1.807) is 20.8 Å². The van der Waals surface area contributed by atoms with Crippen molar-refractivity contribution in [3.63, 3.8) is 0 Å². The molecule has 0 aromatic carbocycles. The molecular weight excluding hydrogens is 302 g/mol. The predicted octanol–water partition coefficient (Wildman–Crippen LogP) is 1.71. The van der Waals surface area contributed by atoms with Crippen molar-refractivity contribution >= 4 is 17.9 Å². The monoisotopic (exact) mass is 325 g/mol. The number of esters is 3. The van der Waals surface area contributed by atoms with E-state index in [1.165, 1.54) is 7.11 Å². The van der Waals surface area contributed by atoms with Crippen molar-refractivity contribution in [3.8, 4) is 0 Å². The minimum absolute atomic E-state index is 0.0242. The Morgan fingerprint density at radius 1 is 1.00 bits per heavy atom. The standard InChI is InChI=1S/C16H23NO6/c1-5-22-13(18)8-7-11-12(9-14(19)21-4)10(3)17-15(11)16(20)23-6-2/h17H,5-9H2,1-4H3. The highest BCUT2D eigenvalue weighted by molar-refractivity contribution is 5.91. The summed E-state index contributed by atoms with van der Waals surface area (Å²) < 4.78 is 14.6. The van der Waals surface area contributed by atoms with Gasteiger partial charge in [-0.2, -0.15) is 0 Å². The summed E-state index contributed by atoms with van der Waals surface area (Å²) in [6, 6.07) is 0. The average Bonchev–Trinajstić information content (AvgIpc) is 2.82. The van der Waals surface area contributed by atoms with Crippen LogP contribution in [-0.4, -0.2) is 43.2 Å². The first kappa shape index (κ1) is 18.7. The van der Waals surface area contributed by atoms with Crippen LogP contribution in [0.3, 0.4) is 0 Å². The molecule has 1 aromatic rings. The molecule has 1 heterocycles. The zero-order valence-corrected chi connectivity index (χ0v) is 14.0. The van der Waals surface area contributed by atoms with Gasteiger partial charge in [0, 0.05) is 12.1 Å². The summed E-state index contributed by atoms with van der Waals surface area (Å²) in [6.07, 6.45) is 0.422. The number of ether oxygens (including phenoxy) is 3. The van der Waals surface area contributed by atoms with Crippen LogP contribution in [0.5, 0.6) is 0 Å². The summed E-state index contributed by atoms with van der Waals surface area (Å²) in [4.78, 5) is 38.2. The molecule has 0 aliphatic rings. The van der Waals surface area contributed by atoms with Crippen LogP contribution in [-0.2, 0) is 36.6 Å². The van der Waals surface area contributed by atoms with Gasteiger partial charge >= 0.3 is 17.9 Å². The van der Waals surface area contributed by atoms with E-state index < -0.39 is 11.9 Å². The number of hydrogen-bond acceptors (Lipinski definition) is 6. The second-order valence-electron chi connectivity index (χ2n) is 4.86. The van der Waals surface area contributed by atoms with Gasteiger partial charge in [0.05, 0.1) is 26.7 Å². The second-order valence-corrected chi connectivity index (χ2v) is 4.86. The van der Waals surface area contributed by atoms with Gasteiger partial charge in [0.15, 0.2) is 0 Å². The van der Waals surface area contributed by atoms with Gasteiger partial charge in [0.2, 0.25) is 0 Å². The molecule has 0 bridgehead atoms. The second kappa shape index (κ2) is 8.97. The molecule has 0 amide bonds. The van der Waals surface area contributed by atoms with Gasteiger partial charge < -0.3 is 19.2 Å². The van der Waals surface area contributed by atoms with Crippen molar-refractivity contribution < 1.29 is 28.6 Å². The van der Waals surface area contributed by atoms with Crippen LogP contribution < -0.4 is 0 Å². The third kappa shape index (κ3) is 5.12. The van der Waals surface area contributed by atoms with E-state index in [2.05, 4.69) is 9.72 Å². The first-order valence-electron chi connectivity index (χ1n) is 7.54. The molecule has 7 nitrogen and oxygen atoms in total. The van der Waals surface area contributed by atoms with E-state index in [9.17, 15) is 14.4 Å². The molecule has 0 aliphatic heterocycles. The number of aromatic nitrogens is 1. The molecule has 0 radical (unpaired) electrons. The largest absolute Gasteiger partial charge is 0.469 e. The number of rotatable bonds is 8. The summed E-state index contributed by atoms with van der Waals surface area (Å²) in [5, 5.41) is 0. The summed E-state index contributed by atoms with van der Waals surface area (Å²) in [6.45, 7) is 5.73. The number of hydrogen-bond donors (Lipinski definition) is 1. The SMILES string of the molecule is CCOC(=O)CCc1c(C(=O)OCC)[nH]c(C)c1CC(=O)OC. The van der Waals surface area contributed by atoms with Crippen molar-refractivity contribution in [2.45, 2.75) is 40.0 Å². The van der Waals surface area contributed by atoms with E-state index in [1.807, 2.05) is 0 Å². The van der Waals surface area contributed by atoms with E-state index in [0.717, 1.165) is 0 Å². The third-order valence-electron chi connectivity index (χ3n) is 3.34. The van der Waals surface area contributed by atoms with Gasteiger partial charge in [-0.25, -0.2) is 4.79 Å². The molecule has 0 fully saturated rings. The van der Waals surface area contributed by atoms with Gasteiger partial charge in [-0.3, -0.25) is 9.59 Å². The van der Waals surface area contributed by atoms with Crippen molar-refractivity contribution in [2.75, 3.05) is 20.3 Å². The number of aromatic amines is 1. The average molecular weight is 325 g/mol. The fourth-order valence-corrected chi connectivity index (χ4v) is 2.28. The van der Waals surface area contributed by atoms with Gasteiger partial charge in [-0.05, 0) is 38.3 Å². The Labute approximate surface area is 135 Å². The van der Waals surface area contributed by atoms with E-state index >= 15 is 0 Å². The fourth-order valence-electron chi connectivity index (χ4n) is 2.28. The number of methoxy groups -OCH3 is 1. The predicted molar refractivity (Wildman–Crippen MR) is 82.2 cm³/mol. The summed E-state index contributed by atoms with van der Waals surface area (Å²) in [5.41, 5.74) is 2.20. The quantitative estimate of drug-likeness (QED) is 0.577. The van der Waals surface area contributed by atoms with Crippen LogP contribution in [0.25, 0.3) is 0 Å². The molecule has 128 valence electrons. The Balaban J connectivity index is 3.10. The van der Waals surface area contributed by atoms with Crippen LogP contribution >= 0.6 is 0 Å². The van der Waals surface area contributed by atoms with Crippen LogP contribution in [0.1, 0.15) is 47.6 Å². The lowest BCUT2D eigenvalue weighted by Gasteiger charge is -2.07. The van der Waals surface area contributed by atoms with Crippen LogP contribution in [0, 0.1) is 6.92 Å². The first-order valence-corrected chi connectivity index (χ1v) is 7.54. The Bertz CT molecular complexity index is 575. The lowest BCUT2D eigenvalue weighted by atomic mass is 10.0. The van der Waals surface area contributed by atoms with Gasteiger partial charge in [-0.15, -0.1) is 0 Å². The van der Waals surface area contributed by atoms with E-state index in [0.29, 0.717) is 23.4 Å². The minimum Gasteiger partial charge on any atom is -0.469 e. The van der Waals surface area contributed by atoms with Gasteiger partial charge in [0.25, 0.3) is 0 Å². The van der Waals surface area contributed by atoms with Crippen molar-refractivity contribution in [2.24, 2.45) is 0 Å². The Morgan fingerprint density at radius 3 is 2.22 bits per heavy atom. The fraction of sp³-hybridized carbons (Fsp3) is 0.562. The van der Waals surface area contributed by atoms with Crippen molar-refractivity contribution in [3.05, 3.63) is 22.5 Å². The highest BCUT2D eigenvalue weighted by atomic mass is 16.5. The number of aryl methyl sites for hydroxylation is 1. The molecule has 1 N–H and O–H groups in total. The molecule has 0 unspecified atom stereocenters. The molecule has 7 heteroatoms. The maximum Gasteiger partial charge on any atom is 0.355 e. The summed E-state index contributed by atoms with van der Waals surface area (Å²) >= 11 is 0. The van der Waals surface area contributed by atoms with Crippen LogP contribution in [0.2, 0.25) is 0 Å². The molecule has 0 atom stereocenters. The molecule has 0 saturated heterocycles. The lowest BCUT2D eigenvalue weighted by molar-refractivity contribution is -0.143. The summed E-state index contributed by atoms with van der Waals surface area (Å²) in [5.74, 6) is -1.28. The number of H-pyrrole nitrogens is 1. The van der Waals surface area contributed by atoms with Gasteiger partial charge in [-0.1, -0.05) is 0 Å². The highest BCUT2D eigenvalue weighted by Crippen LogP contribution is 2.23. The highest BCUT2D eigenvalue weighted by Gasteiger charge is 2.23. The number of carbonyl (C=O) groups is 3. The topological polar surface area (TPSA) is 94.7 Å². The maximum absolute atomic E-state index is 12.1. The van der Waals surface area contributed by atoms with Gasteiger partial charge in [0.1, 0.15) is 5.69 Å². The number of carbonyl (C=O) groups excluding carboxylic acids is 3. The molecule has 0 saturated carbocycles. The molecular formula is C16H23NO6. The zero-order chi connectivity index (χ0) is 17.4. The third-order valence-corrected chi connectivity index (χ3v) is 3.34. The zero-order valence-electron chi connectivity index (χ0n) is 14.0. The van der Waals surface area contributed by atoms with E-state index in [-0.39, 0.29) is 37.5 Å². The minimum atomic E-state index is -0.509.